The average Bonchev–Trinajstić information content (AvgIpc) is 2.77. The van der Waals surface area contributed by atoms with Gasteiger partial charge in [0.25, 0.3) is 5.91 Å². The van der Waals surface area contributed by atoms with Gasteiger partial charge in [0.1, 0.15) is 5.75 Å². The zero-order valence-electron chi connectivity index (χ0n) is 17.8. The van der Waals surface area contributed by atoms with Crippen LogP contribution in [-0.4, -0.2) is 64.4 Å². The second kappa shape index (κ2) is 9.66. The minimum absolute atomic E-state index is 0.115. The molecule has 1 N–H and O–H groups in total. The summed E-state index contributed by atoms with van der Waals surface area (Å²) in [7, 11) is -3.60. The Bertz CT molecular complexity index is 1070. The van der Waals surface area contributed by atoms with Crippen LogP contribution < -0.4 is 14.4 Å². The Labute approximate surface area is 193 Å². The molecule has 2 aromatic rings. The number of hydrogen-bond donors (Lipinski definition) is 1. The Kier molecular flexibility index (Phi) is 6.90. The number of ether oxygens (including phenoxy) is 2. The molecule has 1 unspecified atom stereocenters. The van der Waals surface area contributed by atoms with Gasteiger partial charge in [-0.25, -0.2) is 8.42 Å². The van der Waals surface area contributed by atoms with Crippen molar-refractivity contribution in [3.05, 3.63) is 58.6 Å². The van der Waals surface area contributed by atoms with Gasteiger partial charge in [0.2, 0.25) is 10.0 Å². The van der Waals surface area contributed by atoms with Crippen molar-refractivity contribution in [1.82, 2.24) is 10.2 Å². The molecule has 0 saturated carbocycles. The van der Waals surface area contributed by atoms with Crippen molar-refractivity contribution in [2.24, 2.45) is 0 Å². The standard InChI is InChI=1S/C22H26ClN3O5S/c1-32(28,29)26-15-21(31-20-7-6-18(23)12-19(20)26)22(27)24-13-16-2-4-17(5-3-16)14-25-8-10-30-11-9-25/h2-7,12,21H,8-11,13-15H2,1H3,(H,24,27). The second-order valence-corrected chi connectivity index (χ2v) is 10.3. The first-order chi connectivity index (χ1) is 15.3. The van der Waals surface area contributed by atoms with Gasteiger partial charge < -0.3 is 14.8 Å². The Hall–Kier alpha value is -2.33. The zero-order valence-corrected chi connectivity index (χ0v) is 19.4. The lowest BCUT2D eigenvalue weighted by molar-refractivity contribution is -0.127. The number of rotatable bonds is 6. The van der Waals surface area contributed by atoms with Crippen molar-refractivity contribution in [2.45, 2.75) is 19.2 Å². The third-order valence-corrected chi connectivity index (χ3v) is 6.86. The molecular formula is C22H26ClN3O5S. The quantitative estimate of drug-likeness (QED) is 0.682. The molecular weight excluding hydrogens is 454 g/mol. The molecule has 0 aliphatic carbocycles. The summed E-state index contributed by atoms with van der Waals surface area (Å²) >= 11 is 6.01. The summed E-state index contributed by atoms with van der Waals surface area (Å²) in [4.78, 5) is 15.1. The van der Waals surface area contributed by atoms with Crippen LogP contribution in [0.15, 0.2) is 42.5 Å². The summed E-state index contributed by atoms with van der Waals surface area (Å²) in [5.41, 5.74) is 2.49. The number of sulfonamides is 1. The van der Waals surface area contributed by atoms with Gasteiger partial charge in [0, 0.05) is 31.2 Å². The van der Waals surface area contributed by atoms with E-state index in [2.05, 4.69) is 22.3 Å². The number of carbonyl (C=O) groups excluding carboxylic acids is 1. The van der Waals surface area contributed by atoms with Gasteiger partial charge in [0.05, 0.1) is 31.7 Å². The molecule has 0 spiro atoms. The Morgan fingerprint density at radius 3 is 2.50 bits per heavy atom. The number of morpholine rings is 1. The molecule has 1 fully saturated rings. The molecule has 2 heterocycles. The van der Waals surface area contributed by atoms with Crippen LogP contribution in [0.4, 0.5) is 5.69 Å². The van der Waals surface area contributed by atoms with Crippen molar-refractivity contribution in [3.63, 3.8) is 0 Å². The number of amides is 1. The molecule has 2 aliphatic rings. The van der Waals surface area contributed by atoms with E-state index in [0.29, 0.717) is 23.0 Å². The van der Waals surface area contributed by atoms with Crippen LogP contribution in [0, 0.1) is 0 Å². The molecule has 1 amide bonds. The number of fused-ring (bicyclic) bond motifs is 1. The average molecular weight is 480 g/mol. The zero-order chi connectivity index (χ0) is 22.7. The van der Waals surface area contributed by atoms with E-state index in [0.717, 1.165) is 49.0 Å². The van der Waals surface area contributed by atoms with Gasteiger partial charge in [0.15, 0.2) is 6.10 Å². The monoisotopic (exact) mass is 479 g/mol. The highest BCUT2D eigenvalue weighted by atomic mass is 35.5. The van der Waals surface area contributed by atoms with E-state index in [4.69, 9.17) is 21.1 Å². The number of nitrogens with one attached hydrogen (secondary N) is 1. The predicted molar refractivity (Wildman–Crippen MR) is 122 cm³/mol. The normalized spacial score (nSPS) is 19.2. The first-order valence-electron chi connectivity index (χ1n) is 10.4. The van der Waals surface area contributed by atoms with Gasteiger partial charge in [-0.2, -0.15) is 0 Å². The van der Waals surface area contributed by atoms with Crippen molar-refractivity contribution in [1.29, 1.82) is 0 Å². The lowest BCUT2D eigenvalue weighted by Gasteiger charge is -2.34. The molecule has 172 valence electrons. The number of nitrogens with zero attached hydrogens (tertiary/aromatic N) is 2. The van der Waals surface area contributed by atoms with Crippen molar-refractivity contribution in [2.75, 3.05) is 43.4 Å². The van der Waals surface area contributed by atoms with Crippen LogP contribution in [0.25, 0.3) is 0 Å². The maximum Gasteiger partial charge on any atom is 0.263 e. The third-order valence-electron chi connectivity index (χ3n) is 5.48. The first kappa shape index (κ1) is 22.8. The number of carbonyl (C=O) groups is 1. The molecule has 1 atom stereocenters. The molecule has 2 aliphatic heterocycles. The minimum atomic E-state index is -3.60. The topological polar surface area (TPSA) is 88.2 Å². The Morgan fingerprint density at radius 1 is 1.12 bits per heavy atom. The van der Waals surface area contributed by atoms with Crippen LogP contribution in [0.2, 0.25) is 5.02 Å². The SMILES string of the molecule is CS(=O)(=O)N1CC(C(=O)NCc2ccc(CN3CCOCC3)cc2)Oc2ccc(Cl)cc21. The maximum atomic E-state index is 12.7. The lowest BCUT2D eigenvalue weighted by atomic mass is 10.1. The lowest BCUT2D eigenvalue weighted by Crippen LogP contribution is -2.50. The van der Waals surface area contributed by atoms with E-state index in [9.17, 15) is 13.2 Å². The van der Waals surface area contributed by atoms with E-state index in [1.807, 2.05) is 12.1 Å². The van der Waals surface area contributed by atoms with E-state index in [1.54, 1.807) is 12.1 Å². The van der Waals surface area contributed by atoms with Gasteiger partial charge in [-0.3, -0.25) is 14.0 Å². The maximum absolute atomic E-state index is 12.7. The molecule has 10 heteroatoms. The Morgan fingerprint density at radius 2 is 1.81 bits per heavy atom. The van der Waals surface area contributed by atoms with Crippen LogP contribution >= 0.6 is 11.6 Å². The van der Waals surface area contributed by atoms with Gasteiger partial charge in [-0.05, 0) is 29.3 Å². The highest BCUT2D eigenvalue weighted by Crippen LogP contribution is 2.37. The summed E-state index contributed by atoms with van der Waals surface area (Å²) in [6.45, 7) is 4.47. The fourth-order valence-electron chi connectivity index (χ4n) is 3.76. The Balaban J connectivity index is 1.37. The number of benzene rings is 2. The van der Waals surface area contributed by atoms with Crippen molar-refractivity contribution < 1.29 is 22.7 Å². The summed E-state index contributed by atoms with van der Waals surface area (Å²) < 4.78 is 36.8. The highest BCUT2D eigenvalue weighted by molar-refractivity contribution is 7.92. The molecule has 0 bridgehead atoms. The molecule has 0 aromatic heterocycles. The van der Waals surface area contributed by atoms with Crippen LogP contribution in [0.1, 0.15) is 11.1 Å². The highest BCUT2D eigenvalue weighted by Gasteiger charge is 2.35. The molecule has 0 radical (unpaired) electrons. The summed E-state index contributed by atoms with van der Waals surface area (Å²) in [5.74, 6) is -0.0738. The van der Waals surface area contributed by atoms with Crippen molar-refractivity contribution in [3.8, 4) is 5.75 Å². The third kappa shape index (κ3) is 5.53. The first-order valence-corrected chi connectivity index (χ1v) is 12.6. The molecule has 4 rings (SSSR count). The molecule has 8 nitrogen and oxygen atoms in total. The molecule has 2 aromatic carbocycles. The van der Waals surface area contributed by atoms with Crippen LogP contribution in [-0.2, 0) is 32.6 Å². The molecule has 1 saturated heterocycles. The summed E-state index contributed by atoms with van der Waals surface area (Å²) in [5, 5.41) is 3.24. The van der Waals surface area contributed by atoms with Crippen molar-refractivity contribution >= 4 is 33.2 Å². The predicted octanol–water partition coefficient (Wildman–Crippen LogP) is 2.02. The fraction of sp³-hybridized carbons (Fsp3) is 0.409. The van der Waals surface area contributed by atoms with Gasteiger partial charge in [-0.15, -0.1) is 0 Å². The smallest absolute Gasteiger partial charge is 0.263 e. The summed E-state index contributed by atoms with van der Waals surface area (Å²) in [6, 6.07) is 12.8. The number of halogens is 1. The number of anilines is 1. The van der Waals surface area contributed by atoms with E-state index < -0.39 is 16.1 Å². The summed E-state index contributed by atoms with van der Waals surface area (Å²) in [6.07, 6.45) is 0.134. The second-order valence-electron chi connectivity index (χ2n) is 7.94. The largest absolute Gasteiger partial charge is 0.476 e. The number of hydrogen-bond acceptors (Lipinski definition) is 6. The van der Waals surface area contributed by atoms with E-state index in [-0.39, 0.29) is 12.5 Å². The van der Waals surface area contributed by atoms with Gasteiger partial charge in [-0.1, -0.05) is 35.9 Å². The van der Waals surface area contributed by atoms with Gasteiger partial charge >= 0.3 is 0 Å². The minimum Gasteiger partial charge on any atom is -0.476 e. The molecule has 32 heavy (non-hydrogen) atoms. The van der Waals surface area contributed by atoms with Crippen LogP contribution in [0.3, 0.4) is 0 Å². The van der Waals surface area contributed by atoms with E-state index in [1.165, 1.54) is 11.6 Å². The van der Waals surface area contributed by atoms with Crippen LogP contribution in [0.5, 0.6) is 5.75 Å². The fourth-order valence-corrected chi connectivity index (χ4v) is 4.83. The van der Waals surface area contributed by atoms with E-state index >= 15 is 0 Å².